The van der Waals surface area contributed by atoms with Gasteiger partial charge in [-0.15, -0.1) is 11.3 Å². The number of cyclic esters (lactones) is 1. The summed E-state index contributed by atoms with van der Waals surface area (Å²) < 4.78 is 6.04. The third kappa shape index (κ3) is 3.22. The monoisotopic (exact) mass is 392 g/mol. The van der Waals surface area contributed by atoms with Gasteiger partial charge in [-0.05, 0) is 41.1 Å². The Hall–Kier alpha value is -2.32. The van der Waals surface area contributed by atoms with Crippen LogP contribution in [-0.2, 0) is 9.53 Å². The molecule has 3 rings (SSSR count). The van der Waals surface area contributed by atoms with Crippen LogP contribution in [0, 0.1) is 17.0 Å². The van der Waals surface area contributed by atoms with Crippen LogP contribution in [0.5, 0.6) is 0 Å². The minimum Gasteiger partial charge on any atom is -0.402 e. The van der Waals surface area contributed by atoms with Gasteiger partial charge in [0.1, 0.15) is 0 Å². The number of nitrogens with zero attached hydrogens (tertiary/aromatic N) is 2. The summed E-state index contributed by atoms with van der Waals surface area (Å²) >= 11 is 4.79. The average molecular weight is 393 g/mol. The Kier molecular flexibility index (Phi) is 4.10. The number of benzene rings is 1. The molecule has 0 radical (unpaired) electrons. The van der Waals surface area contributed by atoms with Crippen molar-refractivity contribution in [1.82, 2.24) is 0 Å². The third-order valence-corrected chi connectivity index (χ3v) is 4.78. The minimum atomic E-state index is -0.576. The molecule has 0 aliphatic carbocycles. The number of rotatable bonds is 3. The van der Waals surface area contributed by atoms with Crippen molar-refractivity contribution in [3.8, 4) is 0 Å². The van der Waals surface area contributed by atoms with Crippen molar-refractivity contribution in [1.29, 1.82) is 0 Å². The molecule has 0 saturated heterocycles. The standard InChI is InChI=1S/C15H9BrN2O4S/c1-8-2-3-9(4-13(8)18(20)21)14-17-12(15(19)22-14)6-11-5-10(16)7-23-11/h2-7H,1H3/b12-6-. The van der Waals surface area contributed by atoms with E-state index in [4.69, 9.17) is 4.74 Å². The van der Waals surface area contributed by atoms with Crippen molar-refractivity contribution in [3.05, 3.63) is 65.9 Å². The Morgan fingerprint density at radius 2 is 2.17 bits per heavy atom. The number of thiophene rings is 1. The number of aliphatic imine (C=N–C) groups is 1. The summed E-state index contributed by atoms with van der Waals surface area (Å²) in [5.41, 5.74) is 1.05. The Labute approximate surface area is 143 Å². The van der Waals surface area contributed by atoms with Gasteiger partial charge in [0.2, 0.25) is 5.90 Å². The number of aryl methyl sites for hydroxylation is 1. The summed E-state index contributed by atoms with van der Waals surface area (Å²) in [6, 6.07) is 6.45. The van der Waals surface area contributed by atoms with Crippen LogP contribution in [0.2, 0.25) is 0 Å². The van der Waals surface area contributed by atoms with Crippen molar-refractivity contribution in [2.75, 3.05) is 0 Å². The summed E-state index contributed by atoms with van der Waals surface area (Å²) in [4.78, 5) is 27.4. The lowest BCUT2D eigenvalue weighted by Crippen LogP contribution is -2.06. The van der Waals surface area contributed by atoms with Crippen LogP contribution < -0.4 is 0 Å². The Morgan fingerprint density at radius 3 is 2.83 bits per heavy atom. The second-order valence-electron chi connectivity index (χ2n) is 4.76. The quantitative estimate of drug-likeness (QED) is 0.341. The van der Waals surface area contributed by atoms with Crippen LogP contribution in [0.3, 0.4) is 0 Å². The lowest BCUT2D eigenvalue weighted by molar-refractivity contribution is -0.385. The van der Waals surface area contributed by atoms with Crippen LogP contribution in [0.15, 0.2) is 44.8 Å². The normalized spacial score (nSPS) is 15.7. The van der Waals surface area contributed by atoms with Gasteiger partial charge in [0.05, 0.1) is 4.92 Å². The fourth-order valence-corrected chi connectivity index (χ4v) is 3.38. The maximum absolute atomic E-state index is 11.9. The van der Waals surface area contributed by atoms with E-state index in [0.29, 0.717) is 11.1 Å². The van der Waals surface area contributed by atoms with Gasteiger partial charge < -0.3 is 4.74 Å². The topological polar surface area (TPSA) is 81.8 Å². The predicted octanol–water partition coefficient (Wildman–Crippen LogP) is 4.07. The summed E-state index contributed by atoms with van der Waals surface area (Å²) in [6.45, 7) is 1.64. The Balaban J connectivity index is 1.97. The average Bonchev–Trinajstić information content (AvgIpc) is 3.06. The van der Waals surface area contributed by atoms with E-state index in [0.717, 1.165) is 9.35 Å². The van der Waals surface area contributed by atoms with Gasteiger partial charge in [0, 0.05) is 31.9 Å². The van der Waals surface area contributed by atoms with Crippen molar-refractivity contribution in [2.24, 2.45) is 4.99 Å². The highest BCUT2D eigenvalue weighted by molar-refractivity contribution is 9.10. The Bertz CT molecular complexity index is 885. The second kappa shape index (κ2) is 6.05. The second-order valence-corrected chi connectivity index (χ2v) is 6.62. The molecule has 1 aliphatic heterocycles. The largest absolute Gasteiger partial charge is 0.402 e. The summed E-state index contributed by atoms with van der Waals surface area (Å²) in [7, 11) is 0. The molecule has 2 aromatic rings. The number of carbonyl (C=O) groups is 1. The van der Waals surface area contributed by atoms with Crippen molar-refractivity contribution < 1.29 is 14.5 Å². The molecule has 0 spiro atoms. The molecular weight excluding hydrogens is 384 g/mol. The fourth-order valence-electron chi connectivity index (χ4n) is 2.01. The minimum absolute atomic E-state index is 0.0409. The number of hydrogen-bond acceptors (Lipinski definition) is 6. The van der Waals surface area contributed by atoms with Crippen molar-refractivity contribution in [3.63, 3.8) is 0 Å². The number of carbonyl (C=O) groups excluding carboxylic acids is 1. The maximum atomic E-state index is 11.9. The first kappa shape index (κ1) is 15.6. The maximum Gasteiger partial charge on any atom is 0.363 e. The first-order valence-corrected chi connectivity index (χ1v) is 8.13. The van der Waals surface area contributed by atoms with Gasteiger partial charge >= 0.3 is 5.97 Å². The number of ether oxygens (including phenoxy) is 1. The summed E-state index contributed by atoms with van der Waals surface area (Å²) in [6.07, 6.45) is 1.62. The lowest BCUT2D eigenvalue weighted by Gasteiger charge is -2.01. The molecule has 116 valence electrons. The van der Waals surface area contributed by atoms with Gasteiger partial charge in [0.25, 0.3) is 5.69 Å². The molecule has 0 saturated carbocycles. The third-order valence-electron chi connectivity index (χ3n) is 3.14. The molecule has 1 aromatic heterocycles. The van der Waals surface area contributed by atoms with E-state index in [2.05, 4.69) is 20.9 Å². The lowest BCUT2D eigenvalue weighted by atomic mass is 10.1. The van der Waals surface area contributed by atoms with E-state index in [1.807, 2.05) is 11.4 Å². The molecular formula is C15H9BrN2O4S. The highest BCUT2D eigenvalue weighted by Gasteiger charge is 2.26. The number of hydrogen-bond donors (Lipinski definition) is 0. The Morgan fingerprint density at radius 1 is 1.39 bits per heavy atom. The molecule has 8 heteroatoms. The number of esters is 1. The van der Waals surface area contributed by atoms with E-state index in [-0.39, 0.29) is 17.3 Å². The molecule has 23 heavy (non-hydrogen) atoms. The summed E-state index contributed by atoms with van der Waals surface area (Å²) in [5, 5.41) is 12.9. The van der Waals surface area contributed by atoms with Crippen molar-refractivity contribution in [2.45, 2.75) is 6.92 Å². The molecule has 0 atom stereocenters. The molecule has 0 bridgehead atoms. The zero-order valence-corrected chi connectivity index (χ0v) is 14.2. The molecule has 0 N–H and O–H groups in total. The smallest absolute Gasteiger partial charge is 0.363 e. The van der Waals surface area contributed by atoms with Gasteiger partial charge in [-0.25, -0.2) is 9.79 Å². The van der Waals surface area contributed by atoms with Crippen LogP contribution in [0.25, 0.3) is 6.08 Å². The van der Waals surface area contributed by atoms with Crippen LogP contribution >= 0.6 is 27.3 Å². The first-order valence-electron chi connectivity index (χ1n) is 6.46. The molecule has 0 amide bonds. The number of halogens is 1. The van der Waals surface area contributed by atoms with E-state index in [1.165, 1.54) is 17.4 Å². The molecule has 1 aromatic carbocycles. The fraction of sp³-hybridized carbons (Fsp3) is 0.0667. The van der Waals surface area contributed by atoms with Gasteiger partial charge in [-0.2, -0.15) is 0 Å². The molecule has 1 aliphatic rings. The highest BCUT2D eigenvalue weighted by atomic mass is 79.9. The molecule has 6 nitrogen and oxygen atoms in total. The van der Waals surface area contributed by atoms with Crippen LogP contribution in [0.1, 0.15) is 16.0 Å². The van der Waals surface area contributed by atoms with Crippen LogP contribution in [0.4, 0.5) is 5.69 Å². The van der Waals surface area contributed by atoms with Crippen molar-refractivity contribution >= 4 is 50.9 Å². The highest BCUT2D eigenvalue weighted by Crippen LogP contribution is 2.26. The molecule has 0 unspecified atom stereocenters. The SMILES string of the molecule is Cc1ccc(C2=N/C(=C\c3cc(Br)cs3)C(=O)O2)cc1[N+](=O)[O-]. The van der Waals surface area contributed by atoms with Gasteiger partial charge in [-0.3, -0.25) is 10.1 Å². The van der Waals surface area contributed by atoms with E-state index >= 15 is 0 Å². The van der Waals surface area contributed by atoms with E-state index in [1.54, 1.807) is 25.1 Å². The number of nitro groups is 1. The number of nitro benzene ring substituents is 1. The van der Waals surface area contributed by atoms with E-state index < -0.39 is 10.9 Å². The van der Waals surface area contributed by atoms with Gasteiger partial charge in [0.15, 0.2) is 5.70 Å². The van der Waals surface area contributed by atoms with Crippen LogP contribution in [-0.4, -0.2) is 16.8 Å². The molecule has 0 fully saturated rings. The zero-order valence-electron chi connectivity index (χ0n) is 11.8. The molecule has 2 heterocycles. The zero-order chi connectivity index (χ0) is 16.6. The van der Waals surface area contributed by atoms with E-state index in [9.17, 15) is 14.9 Å². The van der Waals surface area contributed by atoms with Gasteiger partial charge in [-0.1, -0.05) is 6.07 Å². The summed E-state index contributed by atoms with van der Waals surface area (Å²) in [5.74, 6) is -0.507. The predicted molar refractivity (Wildman–Crippen MR) is 90.5 cm³/mol. The first-order chi connectivity index (χ1) is 10.9.